The number of anilines is 1. The number of carbonyl (C=O) groups is 1. The monoisotopic (exact) mass is 287 g/mol. The molecule has 112 valence electrons. The average molecular weight is 287 g/mol. The van der Waals surface area contributed by atoms with Gasteiger partial charge in [-0.15, -0.1) is 0 Å². The van der Waals surface area contributed by atoms with Crippen molar-refractivity contribution < 1.29 is 14.6 Å². The van der Waals surface area contributed by atoms with Crippen LogP contribution in [-0.2, 0) is 4.79 Å². The van der Waals surface area contributed by atoms with E-state index < -0.39 is 0 Å². The third-order valence-electron chi connectivity index (χ3n) is 3.75. The summed E-state index contributed by atoms with van der Waals surface area (Å²) in [4.78, 5) is 12.3. The summed E-state index contributed by atoms with van der Waals surface area (Å²) in [6.07, 6.45) is 5.38. The molecule has 0 atom stereocenters. The van der Waals surface area contributed by atoms with Crippen LogP contribution < -0.4 is 10.1 Å². The molecule has 21 heavy (non-hydrogen) atoms. The maximum atomic E-state index is 12.3. The van der Waals surface area contributed by atoms with Gasteiger partial charge >= 0.3 is 0 Å². The number of methoxy groups -OCH3 is 1. The molecule has 0 saturated heterocycles. The Balaban J connectivity index is 2.14. The van der Waals surface area contributed by atoms with Gasteiger partial charge in [-0.05, 0) is 31.0 Å². The molecule has 0 radical (unpaired) electrons. The zero-order chi connectivity index (χ0) is 15.1. The molecule has 1 aliphatic carbocycles. The zero-order valence-corrected chi connectivity index (χ0v) is 12.3. The summed E-state index contributed by atoms with van der Waals surface area (Å²) < 4.78 is 5.28. The number of aliphatic hydroxyl groups is 1. The normalized spacial score (nSPS) is 15.0. The molecule has 0 bridgehead atoms. The summed E-state index contributed by atoms with van der Waals surface area (Å²) in [5.41, 5.74) is 1.38. The van der Waals surface area contributed by atoms with Gasteiger partial charge in [0.1, 0.15) is 12.4 Å². The van der Waals surface area contributed by atoms with Gasteiger partial charge in [-0.3, -0.25) is 4.79 Å². The first-order chi connectivity index (χ1) is 10.2. The van der Waals surface area contributed by atoms with Gasteiger partial charge in [-0.2, -0.15) is 0 Å². The van der Waals surface area contributed by atoms with E-state index in [4.69, 9.17) is 9.84 Å². The third kappa shape index (κ3) is 4.24. The number of hydrogen-bond donors (Lipinski definition) is 2. The highest BCUT2D eigenvalue weighted by atomic mass is 16.5. The van der Waals surface area contributed by atoms with Crippen molar-refractivity contribution in [3.63, 3.8) is 0 Å². The van der Waals surface area contributed by atoms with Crippen molar-refractivity contribution in [1.82, 2.24) is 0 Å². The maximum absolute atomic E-state index is 12.3. The molecule has 0 unspecified atom stereocenters. The van der Waals surface area contributed by atoms with Crippen molar-refractivity contribution in [2.75, 3.05) is 19.0 Å². The Labute approximate surface area is 125 Å². The number of aliphatic hydroxyl groups excluding tert-OH is 1. The number of benzene rings is 1. The third-order valence-corrected chi connectivity index (χ3v) is 3.75. The van der Waals surface area contributed by atoms with E-state index >= 15 is 0 Å². The van der Waals surface area contributed by atoms with E-state index in [0.717, 1.165) is 31.2 Å². The first-order valence-corrected chi connectivity index (χ1v) is 7.33. The van der Waals surface area contributed by atoms with Gasteiger partial charge in [0.2, 0.25) is 5.91 Å². The van der Waals surface area contributed by atoms with Crippen LogP contribution in [0.15, 0.2) is 18.2 Å². The van der Waals surface area contributed by atoms with E-state index in [9.17, 15) is 4.79 Å². The Bertz CT molecular complexity index is 551. The highest BCUT2D eigenvalue weighted by Gasteiger charge is 2.21. The van der Waals surface area contributed by atoms with Crippen LogP contribution >= 0.6 is 0 Å². The van der Waals surface area contributed by atoms with E-state index in [1.807, 2.05) is 0 Å². The summed E-state index contributed by atoms with van der Waals surface area (Å²) in [6.45, 7) is -0.185. The minimum absolute atomic E-state index is 0.0558. The molecular weight excluding hydrogens is 266 g/mol. The van der Waals surface area contributed by atoms with Gasteiger partial charge in [0, 0.05) is 11.5 Å². The molecule has 1 saturated carbocycles. The molecular formula is C17H21NO3. The van der Waals surface area contributed by atoms with Crippen molar-refractivity contribution in [1.29, 1.82) is 0 Å². The Morgan fingerprint density at radius 2 is 2.14 bits per heavy atom. The molecule has 0 aliphatic heterocycles. The molecule has 4 nitrogen and oxygen atoms in total. The Hall–Kier alpha value is -1.99. The summed E-state index contributed by atoms with van der Waals surface area (Å²) >= 11 is 0. The summed E-state index contributed by atoms with van der Waals surface area (Å²) in [5, 5.41) is 11.7. The van der Waals surface area contributed by atoms with Crippen LogP contribution in [0.5, 0.6) is 5.75 Å². The van der Waals surface area contributed by atoms with Crippen LogP contribution in [0.25, 0.3) is 0 Å². The fraction of sp³-hybridized carbons (Fsp3) is 0.471. The van der Waals surface area contributed by atoms with Crippen molar-refractivity contribution in [2.24, 2.45) is 5.92 Å². The van der Waals surface area contributed by atoms with Crippen molar-refractivity contribution in [2.45, 2.75) is 32.1 Å². The lowest BCUT2D eigenvalue weighted by Crippen LogP contribution is -2.25. The maximum Gasteiger partial charge on any atom is 0.227 e. The number of rotatable bonds is 3. The lowest BCUT2D eigenvalue weighted by molar-refractivity contribution is -0.120. The summed E-state index contributed by atoms with van der Waals surface area (Å²) in [7, 11) is 1.57. The van der Waals surface area contributed by atoms with Crippen LogP contribution in [0.2, 0.25) is 0 Å². The molecule has 1 amide bonds. The number of nitrogens with one attached hydrogen (secondary N) is 1. The molecule has 0 spiro atoms. The number of hydrogen-bond acceptors (Lipinski definition) is 3. The number of ether oxygens (including phenoxy) is 1. The molecule has 2 rings (SSSR count). The minimum atomic E-state index is -0.185. The van der Waals surface area contributed by atoms with Crippen LogP contribution in [0.3, 0.4) is 0 Å². The van der Waals surface area contributed by atoms with E-state index in [1.54, 1.807) is 25.3 Å². The topological polar surface area (TPSA) is 58.6 Å². The highest BCUT2D eigenvalue weighted by Crippen LogP contribution is 2.29. The molecule has 0 heterocycles. The standard InChI is InChI=1S/C17H21NO3/c1-21-16-10-9-13(6-5-11-19)12-15(16)18-17(20)14-7-3-2-4-8-14/h9-10,12,14,19H,2-4,7-8,11H2,1H3,(H,18,20). The second-order valence-corrected chi connectivity index (χ2v) is 5.20. The fourth-order valence-electron chi connectivity index (χ4n) is 2.62. The summed E-state index contributed by atoms with van der Waals surface area (Å²) in [5.74, 6) is 6.20. The van der Waals surface area contributed by atoms with Crippen molar-refractivity contribution in [3.05, 3.63) is 23.8 Å². The fourth-order valence-corrected chi connectivity index (χ4v) is 2.62. The summed E-state index contributed by atoms with van der Waals surface area (Å²) in [6, 6.07) is 5.36. The highest BCUT2D eigenvalue weighted by molar-refractivity contribution is 5.94. The molecule has 1 aromatic carbocycles. The number of carbonyl (C=O) groups excluding carboxylic acids is 1. The second-order valence-electron chi connectivity index (χ2n) is 5.20. The predicted molar refractivity (Wildman–Crippen MR) is 82.2 cm³/mol. The van der Waals surface area contributed by atoms with Gasteiger partial charge in [-0.1, -0.05) is 31.1 Å². The Morgan fingerprint density at radius 1 is 1.38 bits per heavy atom. The van der Waals surface area contributed by atoms with E-state index in [-0.39, 0.29) is 18.4 Å². The first-order valence-electron chi connectivity index (χ1n) is 7.33. The van der Waals surface area contributed by atoms with Crippen LogP contribution in [0, 0.1) is 17.8 Å². The predicted octanol–water partition coefficient (Wildman–Crippen LogP) is 2.56. The quantitative estimate of drug-likeness (QED) is 0.840. The second kappa shape index (κ2) is 7.70. The average Bonchev–Trinajstić information content (AvgIpc) is 2.54. The van der Waals surface area contributed by atoms with Crippen molar-refractivity contribution in [3.8, 4) is 17.6 Å². The van der Waals surface area contributed by atoms with E-state index in [0.29, 0.717) is 11.4 Å². The Morgan fingerprint density at radius 3 is 2.81 bits per heavy atom. The van der Waals surface area contributed by atoms with E-state index in [1.165, 1.54) is 6.42 Å². The van der Waals surface area contributed by atoms with Crippen LogP contribution in [0.4, 0.5) is 5.69 Å². The van der Waals surface area contributed by atoms with Gasteiger partial charge < -0.3 is 15.2 Å². The van der Waals surface area contributed by atoms with Gasteiger partial charge in [0.15, 0.2) is 0 Å². The molecule has 1 aliphatic rings. The van der Waals surface area contributed by atoms with Crippen LogP contribution in [0.1, 0.15) is 37.7 Å². The molecule has 0 aromatic heterocycles. The Kier molecular flexibility index (Phi) is 5.65. The molecule has 1 aromatic rings. The van der Waals surface area contributed by atoms with Crippen LogP contribution in [-0.4, -0.2) is 24.7 Å². The van der Waals surface area contributed by atoms with Crippen molar-refractivity contribution >= 4 is 11.6 Å². The van der Waals surface area contributed by atoms with Gasteiger partial charge in [0.25, 0.3) is 0 Å². The lowest BCUT2D eigenvalue weighted by atomic mass is 9.88. The van der Waals surface area contributed by atoms with E-state index in [2.05, 4.69) is 17.2 Å². The molecule has 1 fully saturated rings. The lowest BCUT2D eigenvalue weighted by Gasteiger charge is -2.21. The minimum Gasteiger partial charge on any atom is -0.495 e. The van der Waals surface area contributed by atoms with Gasteiger partial charge in [0.05, 0.1) is 12.8 Å². The SMILES string of the molecule is COc1ccc(C#CCO)cc1NC(=O)C1CCCCC1. The number of amides is 1. The smallest absolute Gasteiger partial charge is 0.227 e. The molecule has 4 heteroatoms. The molecule has 2 N–H and O–H groups in total. The van der Waals surface area contributed by atoms with Gasteiger partial charge in [-0.25, -0.2) is 0 Å². The zero-order valence-electron chi connectivity index (χ0n) is 12.3. The first kappa shape index (κ1) is 15.4. The largest absolute Gasteiger partial charge is 0.495 e.